The summed E-state index contributed by atoms with van der Waals surface area (Å²) < 4.78 is 4.93. The lowest BCUT2D eigenvalue weighted by Crippen LogP contribution is -2.42. The molecule has 0 radical (unpaired) electrons. The van der Waals surface area contributed by atoms with E-state index in [4.69, 9.17) is 4.74 Å². The summed E-state index contributed by atoms with van der Waals surface area (Å²) in [5.74, 6) is -0.0395. The zero-order chi connectivity index (χ0) is 12.0. The molecule has 0 spiro atoms. The molecule has 1 rings (SSSR count). The van der Waals surface area contributed by atoms with Crippen molar-refractivity contribution in [1.29, 1.82) is 0 Å². The quantitative estimate of drug-likeness (QED) is 0.716. The van der Waals surface area contributed by atoms with E-state index in [0.717, 1.165) is 32.1 Å². The predicted octanol–water partition coefficient (Wildman–Crippen LogP) is 1.08. The molecule has 1 atom stereocenters. The minimum absolute atomic E-state index is 0.0115. The average molecular weight is 229 g/mol. The molecule has 1 saturated carbocycles. The van der Waals surface area contributed by atoms with Crippen molar-refractivity contribution in [1.82, 2.24) is 5.32 Å². The highest BCUT2D eigenvalue weighted by Crippen LogP contribution is 2.28. The van der Waals surface area contributed by atoms with E-state index in [1.165, 1.54) is 0 Å². The maximum atomic E-state index is 11.7. The fourth-order valence-corrected chi connectivity index (χ4v) is 2.06. The smallest absolute Gasteiger partial charge is 0.223 e. The number of hydrogen-bond donors (Lipinski definition) is 2. The van der Waals surface area contributed by atoms with Gasteiger partial charge in [0.05, 0.1) is 5.60 Å². The average Bonchev–Trinajstić information content (AvgIpc) is 2.70. The molecule has 0 aliphatic heterocycles. The van der Waals surface area contributed by atoms with Gasteiger partial charge in [0.2, 0.25) is 5.91 Å². The highest BCUT2D eigenvalue weighted by atomic mass is 16.5. The van der Waals surface area contributed by atoms with E-state index < -0.39 is 5.60 Å². The maximum Gasteiger partial charge on any atom is 0.223 e. The van der Waals surface area contributed by atoms with Crippen molar-refractivity contribution in [3.8, 4) is 0 Å². The van der Waals surface area contributed by atoms with Gasteiger partial charge >= 0.3 is 0 Å². The molecule has 4 heteroatoms. The Morgan fingerprint density at radius 3 is 2.69 bits per heavy atom. The molecule has 1 fully saturated rings. The van der Waals surface area contributed by atoms with Crippen molar-refractivity contribution in [3.63, 3.8) is 0 Å². The van der Waals surface area contributed by atoms with Crippen LogP contribution in [-0.4, -0.2) is 36.9 Å². The zero-order valence-corrected chi connectivity index (χ0v) is 10.3. The Balaban J connectivity index is 2.23. The Morgan fingerprint density at radius 2 is 2.12 bits per heavy atom. The fraction of sp³-hybridized carbons (Fsp3) is 0.917. The Morgan fingerprint density at radius 1 is 1.50 bits per heavy atom. The van der Waals surface area contributed by atoms with Crippen LogP contribution in [0, 0.1) is 5.92 Å². The molecule has 2 N–H and O–H groups in total. The van der Waals surface area contributed by atoms with Crippen LogP contribution in [0.15, 0.2) is 0 Å². The van der Waals surface area contributed by atoms with Crippen molar-refractivity contribution in [2.24, 2.45) is 5.92 Å². The largest absolute Gasteiger partial charge is 0.388 e. The van der Waals surface area contributed by atoms with Crippen LogP contribution in [0.4, 0.5) is 0 Å². The van der Waals surface area contributed by atoms with Gasteiger partial charge in [-0.2, -0.15) is 0 Å². The molecule has 0 aromatic heterocycles. The first kappa shape index (κ1) is 13.5. The molecule has 4 nitrogen and oxygen atoms in total. The molecular formula is C12H23NO3. The van der Waals surface area contributed by atoms with E-state index in [0.29, 0.717) is 13.2 Å². The normalized spacial score (nSPS) is 20.7. The minimum atomic E-state index is -0.656. The van der Waals surface area contributed by atoms with Gasteiger partial charge in [-0.05, 0) is 19.3 Å². The summed E-state index contributed by atoms with van der Waals surface area (Å²) in [6.07, 6.45) is 4.46. The molecule has 1 amide bonds. The third-order valence-electron chi connectivity index (χ3n) is 3.33. The van der Waals surface area contributed by atoms with Crippen molar-refractivity contribution < 1.29 is 14.6 Å². The van der Waals surface area contributed by atoms with Crippen LogP contribution in [0.3, 0.4) is 0 Å². The Labute approximate surface area is 97.4 Å². The molecule has 16 heavy (non-hydrogen) atoms. The summed E-state index contributed by atoms with van der Waals surface area (Å²) in [7, 11) is 1.63. The van der Waals surface area contributed by atoms with Gasteiger partial charge in [-0.1, -0.05) is 19.8 Å². The Bertz CT molecular complexity index is 224. The van der Waals surface area contributed by atoms with Crippen molar-refractivity contribution in [2.75, 3.05) is 20.3 Å². The SMILES string of the molecule is COCCC(C)C(=O)NCC1(O)CCCC1. The molecule has 0 heterocycles. The van der Waals surface area contributed by atoms with Gasteiger partial charge in [0.1, 0.15) is 0 Å². The van der Waals surface area contributed by atoms with Gasteiger partial charge in [-0.15, -0.1) is 0 Å². The number of amides is 1. The van der Waals surface area contributed by atoms with Crippen LogP contribution < -0.4 is 5.32 Å². The first-order chi connectivity index (χ1) is 7.57. The standard InChI is InChI=1S/C12H23NO3/c1-10(5-8-16-2)11(14)13-9-12(15)6-3-4-7-12/h10,15H,3-9H2,1-2H3,(H,13,14). The lowest BCUT2D eigenvalue weighted by Gasteiger charge is -2.23. The molecule has 0 aromatic rings. The Kier molecular flexibility index (Phi) is 5.22. The fourth-order valence-electron chi connectivity index (χ4n) is 2.06. The van der Waals surface area contributed by atoms with Crippen LogP contribution in [-0.2, 0) is 9.53 Å². The minimum Gasteiger partial charge on any atom is -0.388 e. The van der Waals surface area contributed by atoms with Gasteiger partial charge in [-0.25, -0.2) is 0 Å². The monoisotopic (exact) mass is 229 g/mol. The van der Waals surface area contributed by atoms with Crippen molar-refractivity contribution in [3.05, 3.63) is 0 Å². The summed E-state index contributed by atoms with van der Waals surface area (Å²) in [5, 5.41) is 12.9. The number of methoxy groups -OCH3 is 1. The Hall–Kier alpha value is -0.610. The van der Waals surface area contributed by atoms with Gasteiger partial charge < -0.3 is 15.2 Å². The highest BCUT2D eigenvalue weighted by Gasteiger charge is 2.31. The first-order valence-electron chi connectivity index (χ1n) is 6.06. The number of carbonyl (C=O) groups is 1. The second-order valence-electron chi connectivity index (χ2n) is 4.83. The van der Waals surface area contributed by atoms with Crippen LogP contribution in [0.1, 0.15) is 39.0 Å². The second kappa shape index (κ2) is 6.21. The number of hydrogen-bond acceptors (Lipinski definition) is 3. The number of carbonyl (C=O) groups excluding carboxylic acids is 1. The number of aliphatic hydroxyl groups is 1. The molecule has 0 aromatic carbocycles. The number of rotatable bonds is 6. The summed E-state index contributed by atoms with van der Waals surface area (Å²) in [5.41, 5.74) is -0.656. The number of nitrogens with one attached hydrogen (secondary N) is 1. The van der Waals surface area contributed by atoms with E-state index >= 15 is 0 Å². The van der Waals surface area contributed by atoms with Crippen LogP contribution in [0.25, 0.3) is 0 Å². The van der Waals surface area contributed by atoms with E-state index in [-0.39, 0.29) is 11.8 Å². The van der Waals surface area contributed by atoms with Crippen molar-refractivity contribution >= 4 is 5.91 Å². The summed E-state index contributed by atoms with van der Waals surface area (Å²) in [6, 6.07) is 0. The topological polar surface area (TPSA) is 58.6 Å². The third-order valence-corrected chi connectivity index (χ3v) is 3.33. The molecule has 0 bridgehead atoms. The van der Waals surface area contributed by atoms with Gasteiger partial charge in [-0.3, -0.25) is 4.79 Å². The molecule has 0 saturated heterocycles. The van der Waals surface area contributed by atoms with E-state index in [1.54, 1.807) is 7.11 Å². The van der Waals surface area contributed by atoms with Crippen LogP contribution in [0.5, 0.6) is 0 Å². The molecule has 1 aliphatic rings. The van der Waals surface area contributed by atoms with Gasteiger partial charge in [0.25, 0.3) is 0 Å². The lowest BCUT2D eigenvalue weighted by atomic mass is 10.0. The highest BCUT2D eigenvalue weighted by molar-refractivity contribution is 5.78. The third kappa shape index (κ3) is 4.10. The lowest BCUT2D eigenvalue weighted by molar-refractivity contribution is -0.126. The van der Waals surface area contributed by atoms with E-state index in [1.807, 2.05) is 6.92 Å². The zero-order valence-electron chi connectivity index (χ0n) is 10.3. The van der Waals surface area contributed by atoms with Crippen LogP contribution >= 0.6 is 0 Å². The van der Waals surface area contributed by atoms with Crippen LogP contribution in [0.2, 0.25) is 0 Å². The molecule has 1 aliphatic carbocycles. The maximum absolute atomic E-state index is 11.7. The number of ether oxygens (including phenoxy) is 1. The van der Waals surface area contributed by atoms with E-state index in [9.17, 15) is 9.90 Å². The predicted molar refractivity (Wildman–Crippen MR) is 62.1 cm³/mol. The summed E-state index contributed by atoms with van der Waals surface area (Å²) in [6.45, 7) is 2.87. The molecular weight excluding hydrogens is 206 g/mol. The van der Waals surface area contributed by atoms with Crippen molar-refractivity contribution in [2.45, 2.75) is 44.6 Å². The molecule has 94 valence electrons. The van der Waals surface area contributed by atoms with Gasteiger partial charge in [0.15, 0.2) is 0 Å². The summed E-state index contributed by atoms with van der Waals surface area (Å²) in [4.78, 5) is 11.7. The van der Waals surface area contributed by atoms with Gasteiger partial charge in [0, 0.05) is 26.2 Å². The van der Waals surface area contributed by atoms with E-state index in [2.05, 4.69) is 5.32 Å². The first-order valence-corrected chi connectivity index (χ1v) is 6.06. The molecule has 1 unspecified atom stereocenters. The summed E-state index contributed by atoms with van der Waals surface area (Å²) >= 11 is 0. The second-order valence-corrected chi connectivity index (χ2v) is 4.83.